The standard InChI is InChI=1S/C17H26N4O2/c1-14(17(22)20-8-10-23-11-9-20)21-7-5-15(13-21)12-19-16-4-2-3-6-18-16/h2-4,6,14-15H,5,7-13H2,1H3,(H,18,19). The molecule has 3 rings (SSSR count). The van der Waals surface area contributed by atoms with Gasteiger partial charge in [0.15, 0.2) is 0 Å². The van der Waals surface area contributed by atoms with Crippen LogP contribution in [0.15, 0.2) is 24.4 Å². The van der Waals surface area contributed by atoms with Gasteiger partial charge in [-0.2, -0.15) is 0 Å². The summed E-state index contributed by atoms with van der Waals surface area (Å²) in [6.45, 7) is 7.68. The van der Waals surface area contributed by atoms with Crippen molar-refractivity contribution in [2.75, 3.05) is 51.3 Å². The van der Waals surface area contributed by atoms with Gasteiger partial charge >= 0.3 is 0 Å². The molecule has 1 N–H and O–H groups in total. The molecule has 126 valence electrons. The Kier molecular flexibility index (Phi) is 5.46. The predicted molar refractivity (Wildman–Crippen MR) is 89.3 cm³/mol. The van der Waals surface area contributed by atoms with Crippen LogP contribution in [0.25, 0.3) is 0 Å². The van der Waals surface area contributed by atoms with Gasteiger partial charge in [-0.3, -0.25) is 9.69 Å². The van der Waals surface area contributed by atoms with Crippen LogP contribution in [0, 0.1) is 5.92 Å². The van der Waals surface area contributed by atoms with Crippen LogP contribution in [-0.2, 0) is 9.53 Å². The summed E-state index contributed by atoms with van der Waals surface area (Å²) in [5.41, 5.74) is 0. The van der Waals surface area contributed by atoms with Gasteiger partial charge in [0.1, 0.15) is 5.82 Å². The zero-order valence-electron chi connectivity index (χ0n) is 13.8. The number of likely N-dealkylation sites (tertiary alicyclic amines) is 1. The molecule has 0 spiro atoms. The predicted octanol–water partition coefficient (Wildman–Crippen LogP) is 1.06. The zero-order chi connectivity index (χ0) is 16.1. The van der Waals surface area contributed by atoms with Gasteiger partial charge in [-0.25, -0.2) is 4.98 Å². The second-order valence-corrected chi connectivity index (χ2v) is 6.36. The Labute approximate surface area is 137 Å². The average molecular weight is 318 g/mol. The first kappa shape index (κ1) is 16.2. The molecule has 2 aliphatic rings. The maximum atomic E-state index is 12.6. The summed E-state index contributed by atoms with van der Waals surface area (Å²) in [5.74, 6) is 1.73. The van der Waals surface area contributed by atoms with E-state index in [1.165, 1.54) is 0 Å². The van der Waals surface area contributed by atoms with E-state index < -0.39 is 0 Å². The highest BCUT2D eigenvalue weighted by atomic mass is 16.5. The number of aromatic nitrogens is 1. The topological polar surface area (TPSA) is 57.7 Å². The van der Waals surface area contributed by atoms with Crippen molar-refractivity contribution in [3.8, 4) is 0 Å². The number of carbonyl (C=O) groups is 1. The Bertz CT molecular complexity index is 505. The number of pyridine rings is 1. The fourth-order valence-corrected chi connectivity index (χ4v) is 3.30. The Morgan fingerprint density at radius 2 is 2.22 bits per heavy atom. The summed E-state index contributed by atoms with van der Waals surface area (Å²) >= 11 is 0. The molecule has 0 aliphatic carbocycles. The monoisotopic (exact) mass is 318 g/mol. The third kappa shape index (κ3) is 4.20. The minimum Gasteiger partial charge on any atom is -0.378 e. The largest absolute Gasteiger partial charge is 0.378 e. The number of morpholine rings is 1. The maximum absolute atomic E-state index is 12.6. The summed E-state index contributed by atoms with van der Waals surface area (Å²) in [7, 11) is 0. The van der Waals surface area contributed by atoms with Crippen LogP contribution in [0.4, 0.5) is 5.82 Å². The molecular weight excluding hydrogens is 292 g/mol. The number of amides is 1. The maximum Gasteiger partial charge on any atom is 0.239 e. The number of ether oxygens (including phenoxy) is 1. The lowest BCUT2D eigenvalue weighted by atomic mass is 10.1. The van der Waals surface area contributed by atoms with Gasteiger partial charge < -0.3 is 15.0 Å². The third-order valence-electron chi connectivity index (χ3n) is 4.78. The molecule has 1 aromatic rings. The number of anilines is 1. The quantitative estimate of drug-likeness (QED) is 0.880. The second-order valence-electron chi connectivity index (χ2n) is 6.36. The molecule has 0 radical (unpaired) electrons. The number of nitrogens with zero attached hydrogens (tertiary/aromatic N) is 3. The lowest BCUT2D eigenvalue weighted by molar-refractivity contribution is -0.140. The van der Waals surface area contributed by atoms with E-state index in [2.05, 4.69) is 15.2 Å². The molecule has 3 heterocycles. The van der Waals surface area contributed by atoms with Gasteiger partial charge in [0.05, 0.1) is 19.3 Å². The van der Waals surface area contributed by atoms with Crippen molar-refractivity contribution in [1.29, 1.82) is 0 Å². The van der Waals surface area contributed by atoms with Crippen molar-refractivity contribution in [3.63, 3.8) is 0 Å². The Hall–Kier alpha value is -1.66. The summed E-state index contributed by atoms with van der Waals surface area (Å²) in [4.78, 5) is 21.1. The summed E-state index contributed by atoms with van der Waals surface area (Å²) in [6, 6.07) is 5.85. The second kappa shape index (κ2) is 7.75. The first-order chi connectivity index (χ1) is 11.2. The molecule has 1 aromatic heterocycles. The van der Waals surface area contributed by atoms with E-state index in [4.69, 9.17) is 4.74 Å². The Morgan fingerprint density at radius 3 is 2.96 bits per heavy atom. The molecule has 2 atom stereocenters. The van der Waals surface area contributed by atoms with Crippen LogP contribution in [-0.4, -0.2) is 72.7 Å². The Morgan fingerprint density at radius 1 is 1.39 bits per heavy atom. The number of hydrogen-bond donors (Lipinski definition) is 1. The van der Waals surface area contributed by atoms with Crippen LogP contribution >= 0.6 is 0 Å². The van der Waals surface area contributed by atoms with Crippen molar-refractivity contribution in [3.05, 3.63) is 24.4 Å². The van der Waals surface area contributed by atoms with E-state index >= 15 is 0 Å². The van der Waals surface area contributed by atoms with Crippen LogP contribution in [0.1, 0.15) is 13.3 Å². The van der Waals surface area contributed by atoms with Crippen LogP contribution in [0.5, 0.6) is 0 Å². The summed E-state index contributed by atoms with van der Waals surface area (Å²) in [6.07, 6.45) is 2.92. The molecular formula is C17H26N4O2. The average Bonchev–Trinajstić information content (AvgIpc) is 3.09. The highest BCUT2D eigenvalue weighted by molar-refractivity contribution is 5.81. The number of carbonyl (C=O) groups excluding carboxylic acids is 1. The molecule has 2 unspecified atom stereocenters. The van der Waals surface area contributed by atoms with E-state index in [1.807, 2.05) is 30.0 Å². The van der Waals surface area contributed by atoms with Crippen molar-refractivity contribution in [2.24, 2.45) is 5.92 Å². The zero-order valence-corrected chi connectivity index (χ0v) is 13.8. The van der Waals surface area contributed by atoms with Crippen LogP contribution in [0.2, 0.25) is 0 Å². The molecule has 0 aromatic carbocycles. The number of rotatable bonds is 5. The van der Waals surface area contributed by atoms with Crippen LogP contribution in [0.3, 0.4) is 0 Å². The lowest BCUT2D eigenvalue weighted by Crippen LogP contribution is -2.50. The third-order valence-corrected chi connectivity index (χ3v) is 4.78. The SMILES string of the molecule is CC(C(=O)N1CCOCC1)N1CCC(CNc2ccccn2)C1. The highest BCUT2D eigenvalue weighted by Gasteiger charge is 2.32. The first-order valence-corrected chi connectivity index (χ1v) is 8.49. The van der Waals surface area contributed by atoms with Crippen molar-refractivity contribution in [1.82, 2.24) is 14.8 Å². The lowest BCUT2D eigenvalue weighted by Gasteiger charge is -2.32. The molecule has 2 aliphatic heterocycles. The smallest absolute Gasteiger partial charge is 0.239 e. The fraction of sp³-hybridized carbons (Fsp3) is 0.647. The first-order valence-electron chi connectivity index (χ1n) is 8.49. The normalized spacial score (nSPS) is 23.7. The minimum absolute atomic E-state index is 0.0343. The molecule has 23 heavy (non-hydrogen) atoms. The molecule has 2 saturated heterocycles. The molecule has 0 bridgehead atoms. The van der Waals surface area contributed by atoms with Gasteiger partial charge in [-0.05, 0) is 37.9 Å². The molecule has 6 heteroatoms. The molecule has 0 saturated carbocycles. The summed E-state index contributed by atoms with van der Waals surface area (Å²) in [5, 5.41) is 3.39. The Balaban J connectivity index is 1.45. The minimum atomic E-state index is -0.0343. The summed E-state index contributed by atoms with van der Waals surface area (Å²) < 4.78 is 5.32. The molecule has 2 fully saturated rings. The number of hydrogen-bond acceptors (Lipinski definition) is 5. The van der Waals surface area contributed by atoms with Gasteiger partial charge in [0.2, 0.25) is 5.91 Å². The van der Waals surface area contributed by atoms with E-state index in [-0.39, 0.29) is 11.9 Å². The van der Waals surface area contributed by atoms with Gasteiger partial charge in [0, 0.05) is 32.4 Å². The van der Waals surface area contributed by atoms with Crippen molar-refractivity contribution >= 4 is 11.7 Å². The van der Waals surface area contributed by atoms with Gasteiger partial charge in [0.25, 0.3) is 0 Å². The van der Waals surface area contributed by atoms with Gasteiger partial charge in [-0.1, -0.05) is 6.07 Å². The van der Waals surface area contributed by atoms with Gasteiger partial charge in [-0.15, -0.1) is 0 Å². The fourth-order valence-electron chi connectivity index (χ4n) is 3.30. The van der Waals surface area contributed by atoms with E-state index in [9.17, 15) is 4.79 Å². The van der Waals surface area contributed by atoms with E-state index in [0.717, 1.165) is 45.0 Å². The highest BCUT2D eigenvalue weighted by Crippen LogP contribution is 2.20. The molecule has 6 nitrogen and oxygen atoms in total. The molecule has 1 amide bonds. The number of nitrogens with one attached hydrogen (secondary N) is 1. The van der Waals surface area contributed by atoms with E-state index in [0.29, 0.717) is 19.1 Å². The van der Waals surface area contributed by atoms with Crippen molar-refractivity contribution in [2.45, 2.75) is 19.4 Å². The van der Waals surface area contributed by atoms with E-state index in [1.54, 1.807) is 6.20 Å². The van der Waals surface area contributed by atoms with Crippen LogP contribution < -0.4 is 5.32 Å². The van der Waals surface area contributed by atoms with Crippen molar-refractivity contribution < 1.29 is 9.53 Å².